The predicted octanol–water partition coefficient (Wildman–Crippen LogP) is 3.05. The summed E-state index contributed by atoms with van der Waals surface area (Å²) >= 11 is 0. The van der Waals surface area contributed by atoms with Gasteiger partial charge in [-0.3, -0.25) is 0 Å². The van der Waals surface area contributed by atoms with E-state index in [1.165, 1.54) is 35.2 Å². The topological polar surface area (TPSA) is 12.0 Å². The molecular weight excluding hydrogens is 158 g/mol. The molecule has 0 saturated carbocycles. The van der Waals surface area contributed by atoms with Gasteiger partial charge < -0.3 is 5.32 Å². The molecular formula is C12H17N. The Bertz CT molecular complexity index is 328. The third kappa shape index (κ3) is 1.55. The normalized spacial score (nSPS) is 20.7. The zero-order valence-corrected chi connectivity index (χ0v) is 8.65. The van der Waals surface area contributed by atoms with Gasteiger partial charge in [0.15, 0.2) is 0 Å². The second-order valence-electron chi connectivity index (χ2n) is 4.18. The van der Waals surface area contributed by atoms with E-state index in [4.69, 9.17) is 0 Å². The highest BCUT2D eigenvalue weighted by Gasteiger charge is 2.14. The van der Waals surface area contributed by atoms with Crippen molar-refractivity contribution in [3.63, 3.8) is 0 Å². The highest BCUT2D eigenvalue weighted by atomic mass is 14.9. The summed E-state index contributed by atoms with van der Waals surface area (Å²) in [5.41, 5.74) is 5.64. The molecule has 0 saturated heterocycles. The maximum atomic E-state index is 3.53. The molecule has 0 unspecified atom stereocenters. The van der Waals surface area contributed by atoms with Gasteiger partial charge in [0.2, 0.25) is 0 Å². The quantitative estimate of drug-likeness (QED) is 0.639. The second kappa shape index (κ2) is 3.06. The molecule has 13 heavy (non-hydrogen) atoms. The molecule has 1 N–H and O–H groups in total. The van der Waals surface area contributed by atoms with E-state index in [2.05, 4.69) is 38.2 Å². The number of anilines is 1. The minimum atomic E-state index is 0.634. The third-order valence-corrected chi connectivity index (χ3v) is 2.97. The Hall–Kier alpha value is -0.980. The highest BCUT2D eigenvalue weighted by molar-refractivity contribution is 5.57. The van der Waals surface area contributed by atoms with Gasteiger partial charge in [-0.2, -0.15) is 0 Å². The fourth-order valence-corrected chi connectivity index (χ4v) is 1.93. The fourth-order valence-electron chi connectivity index (χ4n) is 1.93. The Morgan fingerprint density at radius 3 is 2.69 bits per heavy atom. The maximum Gasteiger partial charge on any atom is 0.0377 e. The Morgan fingerprint density at radius 1 is 1.23 bits per heavy atom. The van der Waals surface area contributed by atoms with Crippen LogP contribution in [0.5, 0.6) is 0 Å². The lowest BCUT2D eigenvalue weighted by Crippen LogP contribution is -2.22. The van der Waals surface area contributed by atoms with Crippen LogP contribution < -0.4 is 5.32 Å². The van der Waals surface area contributed by atoms with Crippen molar-refractivity contribution >= 4 is 5.69 Å². The van der Waals surface area contributed by atoms with Crippen LogP contribution in [0, 0.1) is 13.8 Å². The van der Waals surface area contributed by atoms with Gasteiger partial charge in [0, 0.05) is 11.7 Å². The summed E-state index contributed by atoms with van der Waals surface area (Å²) in [5, 5.41) is 3.53. The lowest BCUT2D eigenvalue weighted by atomic mass is 9.95. The molecule has 1 aromatic rings. The molecule has 0 radical (unpaired) electrons. The number of benzene rings is 1. The Balaban J connectivity index is 2.43. The number of rotatable bonds is 0. The monoisotopic (exact) mass is 175 g/mol. The van der Waals surface area contributed by atoms with Crippen molar-refractivity contribution in [1.82, 2.24) is 0 Å². The SMILES string of the molecule is Cc1cc2c(cc1C)N[C@H](C)CC2. The molecule has 0 fully saturated rings. The number of nitrogens with one attached hydrogen (secondary N) is 1. The zero-order chi connectivity index (χ0) is 9.42. The summed E-state index contributed by atoms with van der Waals surface area (Å²) in [6.45, 7) is 6.61. The van der Waals surface area contributed by atoms with Gasteiger partial charge in [0.25, 0.3) is 0 Å². The molecule has 1 nitrogen and oxygen atoms in total. The van der Waals surface area contributed by atoms with Gasteiger partial charge in [-0.15, -0.1) is 0 Å². The molecule has 1 aliphatic heterocycles. The van der Waals surface area contributed by atoms with Gasteiger partial charge >= 0.3 is 0 Å². The molecule has 0 aliphatic carbocycles. The molecule has 1 atom stereocenters. The maximum absolute atomic E-state index is 3.53. The Labute approximate surface area is 80.2 Å². The lowest BCUT2D eigenvalue weighted by Gasteiger charge is -2.25. The van der Waals surface area contributed by atoms with Crippen LogP contribution in [0.4, 0.5) is 5.69 Å². The van der Waals surface area contributed by atoms with Gasteiger partial charge in [-0.25, -0.2) is 0 Å². The van der Waals surface area contributed by atoms with E-state index in [1.807, 2.05) is 0 Å². The van der Waals surface area contributed by atoms with Crippen LogP contribution in [0.1, 0.15) is 30.0 Å². The van der Waals surface area contributed by atoms with E-state index < -0.39 is 0 Å². The first-order chi connectivity index (χ1) is 6.16. The van der Waals surface area contributed by atoms with Crippen LogP contribution in [-0.2, 0) is 6.42 Å². The third-order valence-electron chi connectivity index (χ3n) is 2.97. The average Bonchev–Trinajstić information content (AvgIpc) is 2.08. The van der Waals surface area contributed by atoms with Crippen molar-refractivity contribution < 1.29 is 0 Å². The number of hydrogen-bond acceptors (Lipinski definition) is 1. The minimum Gasteiger partial charge on any atom is -0.382 e. The summed E-state index contributed by atoms with van der Waals surface area (Å²) in [6, 6.07) is 5.23. The predicted molar refractivity (Wildman–Crippen MR) is 57.3 cm³/mol. The number of hydrogen-bond donors (Lipinski definition) is 1. The molecule has 2 rings (SSSR count). The molecule has 70 valence electrons. The number of fused-ring (bicyclic) bond motifs is 1. The van der Waals surface area contributed by atoms with Gasteiger partial charge in [-0.1, -0.05) is 6.07 Å². The second-order valence-corrected chi connectivity index (χ2v) is 4.18. The number of aryl methyl sites for hydroxylation is 3. The molecule has 0 spiro atoms. The minimum absolute atomic E-state index is 0.634. The van der Waals surface area contributed by atoms with Crippen molar-refractivity contribution in [2.24, 2.45) is 0 Å². The lowest BCUT2D eigenvalue weighted by molar-refractivity contribution is 0.680. The van der Waals surface area contributed by atoms with Gasteiger partial charge in [0.1, 0.15) is 0 Å². The standard InChI is InChI=1S/C12H17N/c1-8-6-11-5-4-10(3)13-12(11)7-9(8)2/h6-7,10,13H,4-5H2,1-3H3/t10-/m1/s1. The average molecular weight is 175 g/mol. The van der Waals surface area contributed by atoms with Crippen molar-refractivity contribution in [2.75, 3.05) is 5.32 Å². The fraction of sp³-hybridized carbons (Fsp3) is 0.500. The van der Waals surface area contributed by atoms with Crippen molar-refractivity contribution in [2.45, 2.75) is 39.7 Å². The molecule has 0 amide bonds. The zero-order valence-electron chi connectivity index (χ0n) is 8.65. The summed E-state index contributed by atoms with van der Waals surface area (Å²) in [4.78, 5) is 0. The summed E-state index contributed by atoms with van der Waals surface area (Å²) < 4.78 is 0. The van der Waals surface area contributed by atoms with Crippen LogP contribution in [-0.4, -0.2) is 6.04 Å². The van der Waals surface area contributed by atoms with Crippen molar-refractivity contribution in [3.05, 3.63) is 28.8 Å². The first kappa shape index (κ1) is 8.61. The van der Waals surface area contributed by atoms with E-state index in [1.54, 1.807) is 0 Å². The van der Waals surface area contributed by atoms with E-state index in [0.717, 1.165) is 0 Å². The molecule has 0 aromatic heterocycles. The Kier molecular flexibility index (Phi) is 2.03. The van der Waals surface area contributed by atoms with Crippen LogP contribution >= 0.6 is 0 Å². The first-order valence-corrected chi connectivity index (χ1v) is 5.03. The summed E-state index contributed by atoms with van der Waals surface area (Å²) in [5.74, 6) is 0. The van der Waals surface area contributed by atoms with Crippen LogP contribution in [0.2, 0.25) is 0 Å². The Morgan fingerprint density at radius 2 is 1.92 bits per heavy atom. The van der Waals surface area contributed by atoms with Crippen LogP contribution in [0.15, 0.2) is 12.1 Å². The van der Waals surface area contributed by atoms with Crippen molar-refractivity contribution in [1.29, 1.82) is 0 Å². The van der Waals surface area contributed by atoms with Crippen molar-refractivity contribution in [3.8, 4) is 0 Å². The van der Waals surface area contributed by atoms with Crippen LogP contribution in [0.3, 0.4) is 0 Å². The smallest absolute Gasteiger partial charge is 0.0377 e. The van der Waals surface area contributed by atoms with E-state index >= 15 is 0 Å². The highest BCUT2D eigenvalue weighted by Crippen LogP contribution is 2.27. The van der Waals surface area contributed by atoms with E-state index in [9.17, 15) is 0 Å². The molecule has 1 aliphatic rings. The summed E-state index contributed by atoms with van der Waals surface area (Å²) in [7, 11) is 0. The molecule has 0 bridgehead atoms. The molecule has 1 aromatic carbocycles. The van der Waals surface area contributed by atoms with E-state index in [0.29, 0.717) is 6.04 Å². The van der Waals surface area contributed by atoms with Gasteiger partial charge in [-0.05, 0) is 56.4 Å². The van der Waals surface area contributed by atoms with E-state index in [-0.39, 0.29) is 0 Å². The first-order valence-electron chi connectivity index (χ1n) is 5.03. The summed E-state index contributed by atoms with van der Waals surface area (Å²) in [6.07, 6.45) is 2.49. The largest absolute Gasteiger partial charge is 0.382 e. The molecule has 1 heteroatoms. The molecule has 1 heterocycles. The van der Waals surface area contributed by atoms with Crippen LogP contribution in [0.25, 0.3) is 0 Å². The van der Waals surface area contributed by atoms with Gasteiger partial charge in [0.05, 0.1) is 0 Å².